The monoisotopic (exact) mass is 507 g/mol. The maximum Gasteiger partial charge on any atom is 0.190 e. The van der Waals surface area contributed by atoms with Crippen molar-refractivity contribution in [1.82, 2.24) is 20.4 Å². The molecule has 1 aliphatic heterocycles. The maximum absolute atomic E-state index is 5.58. The number of aliphatic imine (C=N–C) groups is 1. The molecule has 0 aliphatic carbocycles. The normalized spacial score (nSPS) is 16.0. The second kappa shape index (κ2) is 16.0. The Morgan fingerprint density at radius 2 is 1.82 bits per heavy atom. The number of guanidine groups is 1. The van der Waals surface area contributed by atoms with Crippen LogP contribution < -0.4 is 10.6 Å². The first-order valence-corrected chi connectivity index (χ1v) is 10.3. The molecule has 0 bridgehead atoms. The van der Waals surface area contributed by atoms with Crippen molar-refractivity contribution in [3.8, 4) is 0 Å². The molecule has 2 heterocycles. The molecule has 1 fully saturated rings. The van der Waals surface area contributed by atoms with Gasteiger partial charge in [-0.05, 0) is 44.5 Å². The summed E-state index contributed by atoms with van der Waals surface area (Å²) < 4.78 is 10.8. The highest BCUT2D eigenvalue weighted by molar-refractivity contribution is 14.0. The van der Waals surface area contributed by atoms with Crippen LogP contribution in [0, 0.1) is 0 Å². The molecular weight excluding hydrogens is 469 g/mol. The fourth-order valence-corrected chi connectivity index (χ4v) is 3.17. The SMILES string of the molecule is CCN1CCN(CCCCNC(=NC)NCCCOCc2ccco2)CC1.I. The van der Waals surface area contributed by atoms with E-state index in [1.54, 1.807) is 6.26 Å². The predicted molar refractivity (Wildman–Crippen MR) is 126 cm³/mol. The second-order valence-corrected chi connectivity index (χ2v) is 6.89. The predicted octanol–water partition coefficient (Wildman–Crippen LogP) is 2.39. The molecule has 0 aromatic carbocycles. The number of hydrogen-bond acceptors (Lipinski definition) is 5. The van der Waals surface area contributed by atoms with Gasteiger partial charge in [-0.3, -0.25) is 4.99 Å². The van der Waals surface area contributed by atoms with Gasteiger partial charge in [0.25, 0.3) is 0 Å². The minimum Gasteiger partial charge on any atom is -0.467 e. The van der Waals surface area contributed by atoms with Crippen LogP contribution in [0.1, 0.15) is 31.9 Å². The Labute approximate surface area is 187 Å². The number of nitrogens with one attached hydrogen (secondary N) is 2. The molecule has 7 nitrogen and oxygen atoms in total. The van der Waals surface area contributed by atoms with E-state index in [2.05, 4.69) is 32.3 Å². The van der Waals surface area contributed by atoms with E-state index in [4.69, 9.17) is 9.15 Å². The van der Waals surface area contributed by atoms with E-state index in [1.165, 1.54) is 52.1 Å². The van der Waals surface area contributed by atoms with E-state index in [0.717, 1.165) is 31.2 Å². The molecule has 8 heteroatoms. The molecule has 0 spiro atoms. The highest BCUT2D eigenvalue weighted by atomic mass is 127. The van der Waals surface area contributed by atoms with Gasteiger partial charge in [0.2, 0.25) is 0 Å². The average Bonchev–Trinajstić information content (AvgIpc) is 3.22. The van der Waals surface area contributed by atoms with Gasteiger partial charge in [0, 0.05) is 52.9 Å². The molecule has 162 valence electrons. The molecule has 28 heavy (non-hydrogen) atoms. The van der Waals surface area contributed by atoms with E-state index < -0.39 is 0 Å². The number of ether oxygens (including phenoxy) is 1. The molecule has 1 aromatic heterocycles. The summed E-state index contributed by atoms with van der Waals surface area (Å²) in [4.78, 5) is 9.38. The van der Waals surface area contributed by atoms with Gasteiger partial charge in [-0.25, -0.2) is 0 Å². The fourth-order valence-electron chi connectivity index (χ4n) is 3.17. The number of likely N-dealkylation sites (N-methyl/N-ethyl adjacent to an activating group) is 1. The summed E-state index contributed by atoms with van der Waals surface area (Å²) in [6.45, 7) is 12.5. The van der Waals surface area contributed by atoms with E-state index in [0.29, 0.717) is 13.2 Å². The summed E-state index contributed by atoms with van der Waals surface area (Å²) in [5.41, 5.74) is 0. The number of halogens is 1. The van der Waals surface area contributed by atoms with E-state index in [-0.39, 0.29) is 24.0 Å². The van der Waals surface area contributed by atoms with Gasteiger partial charge in [0.05, 0.1) is 6.26 Å². The molecule has 0 unspecified atom stereocenters. The zero-order valence-corrected chi connectivity index (χ0v) is 19.8. The van der Waals surface area contributed by atoms with Crippen LogP contribution in [0.2, 0.25) is 0 Å². The standard InChI is InChI=1S/C20H37N5O2.HI/c1-3-24-12-14-25(15-13-24)11-5-4-9-22-20(21-2)23-10-7-16-26-18-19-8-6-17-27-19;/h6,8,17H,3-5,7,9-16,18H2,1-2H3,(H2,21,22,23);1H. The summed E-state index contributed by atoms with van der Waals surface area (Å²) >= 11 is 0. The smallest absolute Gasteiger partial charge is 0.190 e. The number of piperazine rings is 1. The maximum atomic E-state index is 5.58. The van der Waals surface area contributed by atoms with Gasteiger partial charge < -0.3 is 29.6 Å². The van der Waals surface area contributed by atoms with Crippen LogP contribution in [0.4, 0.5) is 0 Å². The van der Waals surface area contributed by atoms with E-state index in [1.807, 2.05) is 19.2 Å². The lowest BCUT2D eigenvalue weighted by molar-refractivity contribution is 0.105. The molecule has 0 saturated carbocycles. The Morgan fingerprint density at radius 3 is 2.46 bits per heavy atom. The van der Waals surface area contributed by atoms with Gasteiger partial charge in [0.15, 0.2) is 5.96 Å². The van der Waals surface area contributed by atoms with Gasteiger partial charge in [-0.15, -0.1) is 24.0 Å². The molecule has 2 rings (SSSR count). The Morgan fingerprint density at radius 1 is 1.11 bits per heavy atom. The Hall–Kier alpha value is -0.840. The summed E-state index contributed by atoms with van der Waals surface area (Å²) in [5.74, 6) is 1.74. The lowest BCUT2D eigenvalue weighted by Gasteiger charge is -2.34. The number of unbranched alkanes of at least 4 members (excludes halogenated alkanes) is 1. The van der Waals surface area contributed by atoms with Crippen molar-refractivity contribution < 1.29 is 9.15 Å². The third kappa shape index (κ3) is 10.6. The van der Waals surface area contributed by atoms with Crippen molar-refractivity contribution in [2.45, 2.75) is 32.8 Å². The average molecular weight is 507 g/mol. The number of hydrogen-bond donors (Lipinski definition) is 2. The minimum absolute atomic E-state index is 0. The van der Waals surface area contributed by atoms with Crippen LogP contribution in [0.25, 0.3) is 0 Å². The Balaban J connectivity index is 0.00000392. The van der Waals surface area contributed by atoms with Gasteiger partial charge in [-0.1, -0.05) is 6.92 Å². The number of rotatable bonds is 12. The van der Waals surface area contributed by atoms with Crippen LogP contribution >= 0.6 is 24.0 Å². The van der Waals surface area contributed by atoms with Gasteiger partial charge in [0.1, 0.15) is 12.4 Å². The molecule has 0 atom stereocenters. The van der Waals surface area contributed by atoms with E-state index in [9.17, 15) is 0 Å². The quantitative estimate of drug-likeness (QED) is 0.196. The highest BCUT2D eigenvalue weighted by Gasteiger charge is 2.14. The molecule has 1 aromatic rings. The number of furan rings is 1. The number of nitrogens with zero attached hydrogens (tertiary/aromatic N) is 3. The first-order chi connectivity index (χ1) is 13.3. The summed E-state index contributed by atoms with van der Waals surface area (Å²) in [6, 6.07) is 3.80. The van der Waals surface area contributed by atoms with Gasteiger partial charge >= 0.3 is 0 Å². The minimum atomic E-state index is 0. The largest absolute Gasteiger partial charge is 0.467 e. The van der Waals surface area contributed by atoms with Crippen molar-refractivity contribution >= 4 is 29.9 Å². The summed E-state index contributed by atoms with van der Waals surface area (Å²) in [5, 5.41) is 6.73. The second-order valence-electron chi connectivity index (χ2n) is 6.89. The molecule has 1 aliphatic rings. The molecule has 0 amide bonds. The first kappa shape index (κ1) is 25.2. The first-order valence-electron chi connectivity index (χ1n) is 10.3. The zero-order chi connectivity index (χ0) is 19.2. The van der Waals surface area contributed by atoms with Gasteiger partial charge in [-0.2, -0.15) is 0 Å². The third-order valence-corrected chi connectivity index (χ3v) is 4.91. The van der Waals surface area contributed by atoms with Crippen LogP contribution in [0.15, 0.2) is 27.8 Å². The molecule has 0 radical (unpaired) electrons. The van der Waals surface area contributed by atoms with Crippen LogP contribution in [0.3, 0.4) is 0 Å². The topological polar surface area (TPSA) is 65.3 Å². The van der Waals surface area contributed by atoms with Crippen molar-refractivity contribution in [3.63, 3.8) is 0 Å². The molecule has 2 N–H and O–H groups in total. The lowest BCUT2D eigenvalue weighted by Crippen LogP contribution is -2.46. The van der Waals surface area contributed by atoms with Crippen LogP contribution in [-0.2, 0) is 11.3 Å². The zero-order valence-electron chi connectivity index (χ0n) is 17.5. The Bertz CT molecular complexity index is 505. The third-order valence-electron chi connectivity index (χ3n) is 4.91. The Kier molecular flexibility index (Phi) is 14.4. The summed E-state index contributed by atoms with van der Waals surface area (Å²) in [6.07, 6.45) is 5.01. The van der Waals surface area contributed by atoms with Crippen molar-refractivity contribution in [1.29, 1.82) is 0 Å². The lowest BCUT2D eigenvalue weighted by atomic mass is 10.2. The van der Waals surface area contributed by atoms with Crippen LogP contribution in [0.5, 0.6) is 0 Å². The van der Waals surface area contributed by atoms with Crippen molar-refractivity contribution in [2.75, 3.05) is 66.0 Å². The summed E-state index contributed by atoms with van der Waals surface area (Å²) in [7, 11) is 1.82. The highest BCUT2D eigenvalue weighted by Crippen LogP contribution is 2.03. The van der Waals surface area contributed by atoms with Crippen LogP contribution in [-0.4, -0.2) is 81.8 Å². The molecular formula is C20H38IN5O2. The van der Waals surface area contributed by atoms with Crippen molar-refractivity contribution in [3.05, 3.63) is 24.2 Å². The fraction of sp³-hybridized carbons (Fsp3) is 0.750. The molecule has 1 saturated heterocycles. The van der Waals surface area contributed by atoms with Crippen molar-refractivity contribution in [2.24, 2.45) is 4.99 Å². The van der Waals surface area contributed by atoms with E-state index >= 15 is 0 Å².